The highest BCUT2D eigenvalue weighted by Crippen LogP contribution is 2.14. The molecule has 0 aliphatic carbocycles. The molecular weight excluding hydrogens is 226 g/mol. The second-order valence-electron chi connectivity index (χ2n) is 4.84. The fraction of sp³-hybridized carbons (Fsp3) is 0.600. The summed E-state index contributed by atoms with van der Waals surface area (Å²) in [6.07, 6.45) is -0.431. The summed E-state index contributed by atoms with van der Waals surface area (Å²) < 4.78 is 5.15. The first-order valence-corrected chi connectivity index (χ1v) is 6.68. The van der Waals surface area contributed by atoms with E-state index < -0.39 is 6.10 Å². The Morgan fingerprint density at radius 3 is 2.44 bits per heavy atom. The zero-order valence-electron chi connectivity index (χ0n) is 11.6. The average Bonchev–Trinajstić information content (AvgIpc) is 2.37. The summed E-state index contributed by atoms with van der Waals surface area (Å²) >= 11 is 0. The van der Waals surface area contributed by atoms with Crippen LogP contribution >= 0.6 is 0 Å². The Bertz CT molecular complexity index is 322. The minimum Gasteiger partial charge on any atom is -0.389 e. The number of hydrogen-bond acceptors (Lipinski definition) is 3. The molecule has 0 saturated heterocycles. The molecule has 3 nitrogen and oxygen atoms in total. The Balaban J connectivity index is 2.26. The van der Waals surface area contributed by atoms with Crippen molar-refractivity contribution in [2.75, 3.05) is 19.8 Å². The van der Waals surface area contributed by atoms with Crippen LogP contribution in [0.3, 0.4) is 0 Å². The molecule has 0 heterocycles. The van der Waals surface area contributed by atoms with Crippen molar-refractivity contribution in [3.05, 3.63) is 35.4 Å². The third kappa shape index (κ3) is 5.63. The van der Waals surface area contributed by atoms with E-state index in [0.717, 1.165) is 6.54 Å². The molecule has 0 aromatic heterocycles. The van der Waals surface area contributed by atoms with Gasteiger partial charge in [-0.15, -0.1) is 0 Å². The topological polar surface area (TPSA) is 41.5 Å². The molecule has 102 valence electrons. The van der Waals surface area contributed by atoms with Crippen LogP contribution in [-0.4, -0.2) is 31.0 Å². The molecule has 0 amide bonds. The van der Waals surface area contributed by atoms with E-state index in [2.05, 4.69) is 43.4 Å². The van der Waals surface area contributed by atoms with E-state index in [1.807, 2.05) is 6.92 Å². The molecule has 0 spiro atoms. The molecule has 3 heteroatoms. The van der Waals surface area contributed by atoms with Gasteiger partial charge in [-0.25, -0.2) is 0 Å². The van der Waals surface area contributed by atoms with Crippen molar-refractivity contribution in [1.82, 2.24) is 5.32 Å². The predicted molar refractivity (Wildman–Crippen MR) is 74.7 cm³/mol. The van der Waals surface area contributed by atoms with Crippen LogP contribution < -0.4 is 5.32 Å². The molecule has 0 radical (unpaired) electrons. The van der Waals surface area contributed by atoms with Gasteiger partial charge in [0.25, 0.3) is 0 Å². The van der Waals surface area contributed by atoms with Gasteiger partial charge >= 0.3 is 0 Å². The number of aliphatic hydroxyl groups is 1. The van der Waals surface area contributed by atoms with Gasteiger partial charge in [-0.1, -0.05) is 38.1 Å². The van der Waals surface area contributed by atoms with Crippen LogP contribution in [0.2, 0.25) is 0 Å². The number of rotatable bonds is 8. The first-order chi connectivity index (χ1) is 8.63. The molecule has 1 atom stereocenters. The highest BCUT2D eigenvalue weighted by atomic mass is 16.5. The summed E-state index contributed by atoms with van der Waals surface area (Å²) in [6.45, 7) is 8.70. The first kappa shape index (κ1) is 15.2. The van der Waals surface area contributed by atoms with Crippen LogP contribution in [0.1, 0.15) is 37.8 Å². The Hall–Kier alpha value is -0.900. The van der Waals surface area contributed by atoms with E-state index in [1.54, 1.807) is 0 Å². The van der Waals surface area contributed by atoms with Gasteiger partial charge < -0.3 is 15.2 Å². The highest BCUT2D eigenvalue weighted by molar-refractivity contribution is 5.24. The van der Waals surface area contributed by atoms with Gasteiger partial charge in [-0.05, 0) is 24.0 Å². The van der Waals surface area contributed by atoms with Gasteiger partial charge in [0, 0.05) is 19.7 Å². The van der Waals surface area contributed by atoms with Crippen LogP contribution in [0.4, 0.5) is 0 Å². The molecular formula is C15H25NO2. The van der Waals surface area contributed by atoms with Crippen LogP contribution in [0.25, 0.3) is 0 Å². The lowest BCUT2D eigenvalue weighted by Gasteiger charge is -2.12. The SMILES string of the molecule is CCOCC(O)CNCc1ccc(C(C)C)cc1. The first-order valence-electron chi connectivity index (χ1n) is 6.68. The van der Waals surface area contributed by atoms with Crippen molar-refractivity contribution in [2.45, 2.75) is 39.3 Å². The monoisotopic (exact) mass is 251 g/mol. The van der Waals surface area contributed by atoms with Crippen LogP contribution in [0.5, 0.6) is 0 Å². The van der Waals surface area contributed by atoms with Gasteiger partial charge in [0.05, 0.1) is 12.7 Å². The number of nitrogens with one attached hydrogen (secondary N) is 1. The molecule has 1 unspecified atom stereocenters. The number of aliphatic hydroxyl groups excluding tert-OH is 1. The van der Waals surface area contributed by atoms with Crippen LogP contribution in [0.15, 0.2) is 24.3 Å². The summed E-state index contributed by atoms with van der Waals surface area (Å²) in [7, 11) is 0. The van der Waals surface area contributed by atoms with Crippen molar-refractivity contribution in [3.8, 4) is 0 Å². The lowest BCUT2D eigenvalue weighted by Crippen LogP contribution is -2.30. The average molecular weight is 251 g/mol. The zero-order valence-corrected chi connectivity index (χ0v) is 11.6. The minimum absolute atomic E-state index is 0.399. The molecule has 0 fully saturated rings. The second-order valence-corrected chi connectivity index (χ2v) is 4.84. The van der Waals surface area contributed by atoms with Gasteiger partial charge in [0.2, 0.25) is 0 Å². The normalized spacial score (nSPS) is 12.9. The third-order valence-electron chi connectivity index (χ3n) is 2.87. The van der Waals surface area contributed by atoms with Gasteiger partial charge in [0.1, 0.15) is 0 Å². The van der Waals surface area contributed by atoms with Crippen molar-refractivity contribution in [3.63, 3.8) is 0 Å². The van der Waals surface area contributed by atoms with Crippen LogP contribution in [-0.2, 0) is 11.3 Å². The maximum Gasteiger partial charge on any atom is 0.0897 e. The lowest BCUT2D eigenvalue weighted by molar-refractivity contribution is 0.0427. The summed E-state index contributed by atoms with van der Waals surface area (Å²) in [6, 6.07) is 8.60. The maximum absolute atomic E-state index is 9.59. The molecule has 1 aromatic rings. The molecule has 1 rings (SSSR count). The molecule has 0 aliphatic heterocycles. The Morgan fingerprint density at radius 1 is 1.22 bits per heavy atom. The molecule has 0 saturated carbocycles. The molecule has 1 aromatic carbocycles. The third-order valence-corrected chi connectivity index (χ3v) is 2.87. The van der Waals surface area contributed by atoms with Gasteiger partial charge in [-0.3, -0.25) is 0 Å². The van der Waals surface area contributed by atoms with E-state index in [1.165, 1.54) is 11.1 Å². The molecule has 0 bridgehead atoms. The van der Waals surface area contributed by atoms with Crippen molar-refractivity contribution in [1.29, 1.82) is 0 Å². The van der Waals surface area contributed by atoms with Crippen molar-refractivity contribution in [2.24, 2.45) is 0 Å². The predicted octanol–water partition coefficient (Wildman–Crippen LogP) is 2.30. The Labute approximate surface area is 110 Å². The highest BCUT2D eigenvalue weighted by Gasteiger charge is 2.03. The standard InChI is InChI=1S/C15H25NO2/c1-4-18-11-15(17)10-16-9-13-5-7-14(8-6-13)12(2)3/h5-8,12,15-17H,4,9-11H2,1-3H3. The fourth-order valence-electron chi connectivity index (χ4n) is 1.72. The summed E-state index contributed by atoms with van der Waals surface area (Å²) in [5.41, 5.74) is 2.60. The minimum atomic E-state index is -0.431. The number of benzene rings is 1. The van der Waals surface area contributed by atoms with Crippen LogP contribution in [0, 0.1) is 0 Å². The van der Waals surface area contributed by atoms with Gasteiger partial charge in [-0.2, -0.15) is 0 Å². The van der Waals surface area contributed by atoms with Crippen molar-refractivity contribution < 1.29 is 9.84 Å². The van der Waals surface area contributed by atoms with E-state index >= 15 is 0 Å². The Morgan fingerprint density at radius 2 is 1.89 bits per heavy atom. The quantitative estimate of drug-likeness (QED) is 0.745. The zero-order chi connectivity index (χ0) is 13.4. The van der Waals surface area contributed by atoms with Gasteiger partial charge in [0.15, 0.2) is 0 Å². The summed E-state index contributed by atoms with van der Waals surface area (Å²) in [5, 5.41) is 12.8. The Kier molecular flexibility index (Phi) is 6.94. The van der Waals surface area contributed by atoms with E-state index in [-0.39, 0.29) is 0 Å². The summed E-state index contributed by atoms with van der Waals surface area (Å²) in [4.78, 5) is 0. The maximum atomic E-state index is 9.59. The van der Waals surface area contributed by atoms with E-state index in [4.69, 9.17) is 4.74 Å². The second kappa shape index (κ2) is 8.25. The number of ether oxygens (including phenoxy) is 1. The molecule has 0 aliphatic rings. The van der Waals surface area contributed by atoms with Crippen molar-refractivity contribution >= 4 is 0 Å². The molecule has 18 heavy (non-hydrogen) atoms. The summed E-state index contributed by atoms with van der Waals surface area (Å²) in [5.74, 6) is 0.569. The molecule has 2 N–H and O–H groups in total. The fourth-order valence-corrected chi connectivity index (χ4v) is 1.72. The van der Waals surface area contributed by atoms with E-state index in [9.17, 15) is 5.11 Å². The lowest BCUT2D eigenvalue weighted by atomic mass is 10.0. The smallest absolute Gasteiger partial charge is 0.0897 e. The number of hydrogen-bond donors (Lipinski definition) is 2. The largest absolute Gasteiger partial charge is 0.389 e. The van der Waals surface area contributed by atoms with E-state index in [0.29, 0.717) is 25.7 Å².